The van der Waals surface area contributed by atoms with Crippen LogP contribution in [0.5, 0.6) is 0 Å². The van der Waals surface area contributed by atoms with Crippen LogP contribution in [-0.2, 0) is 19.3 Å². The molecular formula is C18H22N2. The van der Waals surface area contributed by atoms with Gasteiger partial charge in [-0.2, -0.15) is 0 Å². The van der Waals surface area contributed by atoms with Gasteiger partial charge in [0.05, 0.1) is 0 Å². The van der Waals surface area contributed by atoms with E-state index >= 15 is 0 Å². The molecule has 1 aromatic carbocycles. The average molecular weight is 266 g/mol. The summed E-state index contributed by atoms with van der Waals surface area (Å²) in [6, 6.07) is 13.0. The Balaban J connectivity index is 1.82. The molecule has 1 aliphatic heterocycles. The fraction of sp³-hybridized carbons (Fsp3) is 0.389. The molecular weight excluding hydrogens is 244 g/mol. The van der Waals surface area contributed by atoms with E-state index in [2.05, 4.69) is 55.6 Å². The molecule has 1 aliphatic rings. The number of hydrogen-bond acceptors (Lipinski definition) is 2. The van der Waals surface area contributed by atoms with Gasteiger partial charge in [-0.05, 0) is 47.9 Å². The molecule has 104 valence electrons. The highest BCUT2D eigenvalue weighted by Crippen LogP contribution is 2.30. The number of anilines is 1. The summed E-state index contributed by atoms with van der Waals surface area (Å²) >= 11 is 0. The third-order valence-electron chi connectivity index (χ3n) is 4.01. The summed E-state index contributed by atoms with van der Waals surface area (Å²) in [5.41, 5.74) is 5.51. The van der Waals surface area contributed by atoms with Crippen LogP contribution < -0.4 is 5.32 Å². The zero-order valence-corrected chi connectivity index (χ0v) is 12.3. The molecule has 3 rings (SSSR count). The number of aromatic nitrogens is 1. The van der Waals surface area contributed by atoms with Gasteiger partial charge in [0.25, 0.3) is 0 Å². The first-order valence-electron chi connectivity index (χ1n) is 7.54. The zero-order valence-electron chi connectivity index (χ0n) is 12.3. The molecule has 0 amide bonds. The van der Waals surface area contributed by atoms with E-state index in [9.17, 15) is 0 Å². The fourth-order valence-corrected chi connectivity index (χ4v) is 2.92. The van der Waals surface area contributed by atoms with Gasteiger partial charge in [-0.1, -0.05) is 44.2 Å². The van der Waals surface area contributed by atoms with Gasteiger partial charge >= 0.3 is 0 Å². The van der Waals surface area contributed by atoms with Crippen LogP contribution in [0, 0.1) is 0 Å². The number of hydrogen-bond donors (Lipinski definition) is 1. The number of aryl methyl sites for hydroxylation is 2. The zero-order chi connectivity index (χ0) is 13.9. The molecule has 2 heteroatoms. The molecule has 0 saturated carbocycles. The van der Waals surface area contributed by atoms with Crippen LogP contribution in [0.2, 0.25) is 0 Å². The molecule has 2 nitrogen and oxygen atoms in total. The Bertz CT molecular complexity index is 588. The first-order chi connectivity index (χ1) is 9.74. The Hall–Kier alpha value is -1.83. The summed E-state index contributed by atoms with van der Waals surface area (Å²) in [7, 11) is 0. The molecule has 0 saturated heterocycles. The maximum Gasteiger partial charge on any atom is 0.129 e. The summed E-state index contributed by atoms with van der Waals surface area (Å²) < 4.78 is 0. The molecule has 0 radical (unpaired) electrons. The Kier molecular flexibility index (Phi) is 3.72. The van der Waals surface area contributed by atoms with Crippen LogP contribution in [0.15, 0.2) is 36.4 Å². The summed E-state index contributed by atoms with van der Waals surface area (Å²) in [6.45, 7) is 5.58. The van der Waals surface area contributed by atoms with E-state index in [1.54, 1.807) is 0 Å². The second-order valence-electron chi connectivity index (χ2n) is 5.85. The molecule has 0 spiro atoms. The van der Waals surface area contributed by atoms with Crippen molar-refractivity contribution in [2.75, 3.05) is 11.9 Å². The molecule has 1 N–H and O–H groups in total. The average Bonchev–Trinajstić information content (AvgIpc) is 2.93. The molecule has 2 heterocycles. The van der Waals surface area contributed by atoms with Gasteiger partial charge in [-0.25, -0.2) is 4.98 Å². The lowest BCUT2D eigenvalue weighted by Crippen LogP contribution is -2.02. The molecule has 0 aliphatic carbocycles. The normalized spacial score (nSPS) is 13.3. The number of rotatable bonds is 4. The molecule has 0 bridgehead atoms. The van der Waals surface area contributed by atoms with Gasteiger partial charge < -0.3 is 5.32 Å². The standard InChI is InChI=1S/C18H22N2/c1-13(2)17-12-15(20-18-16(17)10-11-19-18)9-8-14-6-4-3-5-7-14/h3-7,12-13H,8-11H2,1-2H3,(H,19,20). The number of benzene rings is 1. The maximum atomic E-state index is 4.80. The Morgan fingerprint density at radius 1 is 1.15 bits per heavy atom. The second-order valence-corrected chi connectivity index (χ2v) is 5.85. The van der Waals surface area contributed by atoms with Crippen LogP contribution in [0.4, 0.5) is 5.82 Å². The topological polar surface area (TPSA) is 24.9 Å². The van der Waals surface area contributed by atoms with Gasteiger partial charge in [0.2, 0.25) is 0 Å². The highest BCUT2D eigenvalue weighted by Gasteiger charge is 2.18. The number of pyridine rings is 1. The van der Waals surface area contributed by atoms with Crippen molar-refractivity contribution in [3.8, 4) is 0 Å². The van der Waals surface area contributed by atoms with E-state index in [1.165, 1.54) is 22.4 Å². The molecule has 0 unspecified atom stereocenters. The number of nitrogens with one attached hydrogen (secondary N) is 1. The van der Waals surface area contributed by atoms with Gasteiger partial charge in [-0.15, -0.1) is 0 Å². The third-order valence-corrected chi connectivity index (χ3v) is 4.01. The molecule has 0 fully saturated rings. The third kappa shape index (κ3) is 2.69. The minimum absolute atomic E-state index is 0.571. The first-order valence-corrected chi connectivity index (χ1v) is 7.54. The van der Waals surface area contributed by atoms with E-state index < -0.39 is 0 Å². The van der Waals surface area contributed by atoms with Crippen molar-refractivity contribution in [1.29, 1.82) is 0 Å². The van der Waals surface area contributed by atoms with Crippen LogP contribution in [0.3, 0.4) is 0 Å². The van der Waals surface area contributed by atoms with Crippen molar-refractivity contribution in [2.24, 2.45) is 0 Å². The predicted octanol–water partition coefficient (Wildman–Crippen LogP) is 3.96. The highest BCUT2D eigenvalue weighted by molar-refractivity contribution is 5.54. The van der Waals surface area contributed by atoms with Crippen molar-refractivity contribution >= 4 is 5.82 Å². The quantitative estimate of drug-likeness (QED) is 0.906. The van der Waals surface area contributed by atoms with E-state index in [1.807, 2.05) is 0 Å². The fourth-order valence-electron chi connectivity index (χ4n) is 2.92. The minimum atomic E-state index is 0.571. The summed E-state index contributed by atoms with van der Waals surface area (Å²) in [6.07, 6.45) is 3.19. The van der Waals surface area contributed by atoms with Crippen molar-refractivity contribution in [3.05, 3.63) is 58.8 Å². The van der Waals surface area contributed by atoms with Gasteiger partial charge in [0.1, 0.15) is 5.82 Å². The van der Waals surface area contributed by atoms with Gasteiger partial charge in [-0.3, -0.25) is 0 Å². The monoisotopic (exact) mass is 266 g/mol. The van der Waals surface area contributed by atoms with Crippen molar-refractivity contribution in [3.63, 3.8) is 0 Å². The van der Waals surface area contributed by atoms with E-state index in [0.29, 0.717) is 5.92 Å². The van der Waals surface area contributed by atoms with Crippen LogP contribution in [0.1, 0.15) is 42.1 Å². The Labute approximate surface area is 121 Å². The lowest BCUT2D eigenvalue weighted by molar-refractivity contribution is 0.830. The molecule has 2 aromatic rings. The van der Waals surface area contributed by atoms with E-state index in [0.717, 1.165) is 31.6 Å². The molecule has 1 aromatic heterocycles. The molecule has 20 heavy (non-hydrogen) atoms. The van der Waals surface area contributed by atoms with E-state index in [4.69, 9.17) is 4.98 Å². The van der Waals surface area contributed by atoms with Crippen molar-refractivity contribution in [1.82, 2.24) is 4.98 Å². The van der Waals surface area contributed by atoms with Crippen LogP contribution in [0.25, 0.3) is 0 Å². The Morgan fingerprint density at radius 2 is 1.95 bits per heavy atom. The lowest BCUT2D eigenvalue weighted by Gasteiger charge is -2.13. The molecule has 0 atom stereocenters. The lowest BCUT2D eigenvalue weighted by atomic mass is 9.95. The Morgan fingerprint density at radius 3 is 2.70 bits per heavy atom. The smallest absolute Gasteiger partial charge is 0.129 e. The summed E-state index contributed by atoms with van der Waals surface area (Å²) in [5, 5.41) is 3.42. The van der Waals surface area contributed by atoms with Gasteiger partial charge in [0.15, 0.2) is 0 Å². The largest absolute Gasteiger partial charge is 0.369 e. The van der Waals surface area contributed by atoms with Crippen molar-refractivity contribution in [2.45, 2.75) is 39.0 Å². The minimum Gasteiger partial charge on any atom is -0.369 e. The highest BCUT2D eigenvalue weighted by atomic mass is 15.0. The van der Waals surface area contributed by atoms with Crippen LogP contribution in [-0.4, -0.2) is 11.5 Å². The van der Waals surface area contributed by atoms with E-state index in [-0.39, 0.29) is 0 Å². The number of fused-ring (bicyclic) bond motifs is 1. The summed E-state index contributed by atoms with van der Waals surface area (Å²) in [4.78, 5) is 4.80. The van der Waals surface area contributed by atoms with Crippen LogP contribution >= 0.6 is 0 Å². The predicted molar refractivity (Wildman–Crippen MR) is 84.4 cm³/mol. The van der Waals surface area contributed by atoms with Gasteiger partial charge in [0, 0.05) is 12.2 Å². The SMILES string of the molecule is CC(C)c1cc(CCc2ccccc2)nc2c1CCN2. The second kappa shape index (κ2) is 5.66. The van der Waals surface area contributed by atoms with Crippen molar-refractivity contribution < 1.29 is 0 Å². The number of nitrogens with zero attached hydrogens (tertiary/aromatic N) is 1. The maximum absolute atomic E-state index is 4.80. The summed E-state index contributed by atoms with van der Waals surface area (Å²) in [5.74, 6) is 1.70. The first kappa shape index (κ1) is 13.2.